The Kier molecular flexibility index (Phi) is 2.94. The minimum atomic E-state index is 0.641. The molecule has 4 heteroatoms. The maximum absolute atomic E-state index is 8.80. The third-order valence-corrected chi connectivity index (χ3v) is 3.14. The van der Waals surface area contributed by atoms with Crippen LogP contribution in [0.25, 0.3) is 10.8 Å². The molecule has 0 unspecified atom stereocenters. The number of nitrogen functional groups attached to an aromatic ring is 1. The minimum absolute atomic E-state index is 0.641. The number of nitrogens with zero attached hydrogens (tertiary/aromatic N) is 2. The zero-order valence-corrected chi connectivity index (χ0v) is 10.7. The monoisotopic (exact) mass is 260 g/mol. The molecule has 0 amide bonds. The molecule has 0 spiro atoms. The van der Waals surface area contributed by atoms with Crippen LogP contribution in [0.3, 0.4) is 0 Å². The van der Waals surface area contributed by atoms with Gasteiger partial charge < -0.3 is 11.1 Å². The average Bonchev–Trinajstić information content (AvgIpc) is 2.51. The SMILES string of the molecule is N#Cc1ccc(Nc2ccc(N)c3cnccc23)cc1. The molecule has 0 radical (unpaired) electrons. The van der Waals surface area contributed by atoms with E-state index in [2.05, 4.69) is 16.4 Å². The van der Waals surface area contributed by atoms with Crippen molar-refractivity contribution < 1.29 is 0 Å². The highest BCUT2D eigenvalue weighted by molar-refractivity contribution is 6.01. The average molecular weight is 260 g/mol. The highest BCUT2D eigenvalue weighted by atomic mass is 14.9. The lowest BCUT2D eigenvalue weighted by Crippen LogP contribution is -1.94. The van der Waals surface area contributed by atoms with Crippen molar-refractivity contribution in [1.29, 1.82) is 5.26 Å². The summed E-state index contributed by atoms with van der Waals surface area (Å²) < 4.78 is 0. The van der Waals surface area contributed by atoms with Crippen LogP contribution in [0.1, 0.15) is 5.56 Å². The standard InChI is InChI=1S/C16H12N4/c17-9-11-1-3-12(4-2-11)20-16-6-5-15(18)14-10-19-8-7-13(14)16/h1-8,10,20H,18H2. The van der Waals surface area contributed by atoms with Crippen LogP contribution >= 0.6 is 0 Å². The van der Waals surface area contributed by atoms with Crippen LogP contribution in [0.4, 0.5) is 17.1 Å². The number of benzene rings is 2. The summed E-state index contributed by atoms with van der Waals surface area (Å²) in [6.07, 6.45) is 3.50. The first kappa shape index (κ1) is 12.0. The Morgan fingerprint density at radius 3 is 2.55 bits per heavy atom. The number of nitriles is 1. The van der Waals surface area contributed by atoms with Crippen LogP contribution in [-0.4, -0.2) is 4.98 Å². The quantitative estimate of drug-likeness (QED) is 0.692. The molecule has 3 N–H and O–H groups in total. The van der Waals surface area contributed by atoms with Crippen molar-refractivity contribution in [2.45, 2.75) is 0 Å². The first-order chi connectivity index (χ1) is 9.78. The fourth-order valence-electron chi connectivity index (χ4n) is 2.10. The third-order valence-electron chi connectivity index (χ3n) is 3.14. The molecule has 2 aromatic carbocycles. The van der Waals surface area contributed by atoms with Gasteiger partial charge in [0.05, 0.1) is 11.6 Å². The van der Waals surface area contributed by atoms with Crippen LogP contribution < -0.4 is 11.1 Å². The molecule has 0 atom stereocenters. The van der Waals surface area contributed by atoms with Gasteiger partial charge in [-0.25, -0.2) is 0 Å². The molecule has 0 bridgehead atoms. The number of hydrogen-bond acceptors (Lipinski definition) is 4. The fourth-order valence-corrected chi connectivity index (χ4v) is 2.10. The number of anilines is 3. The largest absolute Gasteiger partial charge is 0.398 e. The van der Waals surface area contributed by atoms with Crippen molar-refractivity contribution in [3.8, 4) is 6.07 Å². The summed E-state index contributed by atoms with van der Waals surface area (Å²) in [6, 6.07) is 15.1. The summed E-state index contributed by atoms with van der Waals surface area (Å²) in [4.78, 5) is 4.10. The van der Waals surface area contributed by atoms with Crippen molar-refractivity contribution in [2.75, 3.05) is 11.1 Å². The van der Waals surface area contributed by atoms with E-state index in [-0.39, 0.29) is 0 Å². The topological polar surface area (TPSA) is 74.7 Å². The van der Waals surface area contributed by atoms with Crippen molar-refractivity contribution in [3.05, 3.63) is 60.4 Å². The number of aromatic nitrogens is 1. The first-order valence-electron chi connectivity index (χ1n) is 6.17. The van der Waals surface area contributed by atoms with Gasteiger partial charge in [0.25, 0.3) is 0 Å². The van der Waals surface area contributed by atoms with Crippen molar-refractivity contribution in [1.82, 2.24) is 4.98 Å². The van der Waals surface area contributed by atoms with Gasteiger partial charge in [0.1, 0.15) is 0 Å². The van der Waals surface area contributed by atoms with Crippen LogP contribution in [0, 0.1) is 11.3 Å². The molecule has 96 valence electrons. The van der Waals surface area contributed by atoms with Gasteiger partial charge in [-0.15, -0.1) is 0 Å². The molecule has 0 aliphatic rings. The number of nitrogens with one attached hydrogen (secondary N) is 1. The van der Waals surface area contributed by atoms with E-state index in [1.165, 1.54) is 0 Å². The molecule has 3 aromatic rings. The van der Waals surface area contributed by atoms with Gasteiger partial charge in [-0.1, -0.05) is 0 Å². The summed E-state index contributed by atoms with van der Waals surface area (Å²) in [6.45, 7) is 0. The molecule has 1 aromatic heterocycles. The molecule has 20 heavy (non-hydrogen) atoms. The predicted octanol–water partition coefficient (Wildman–Crippen LogP) is 3.43. The van der Waals surface area contributed by atoms with Gasteiger partial charge in [0, 0.05) is 40.2 Å². The highest BCUT2D eigenvalue weighted by Gasteiger charge is 2.04. The van der Waals surface area contributed by atoms with Crippen LogP contribution in [0.5, 0.6) is 0 Å². The maximum atomic E-state index is 8.80. The number of rotatable bonds is 2. The van der Waals surface area contributed by atoms with Crippen LogP contribution in [0.2, 0.25) is 0 Å². The molecule has 0 fully saturated rings. The molecule has 0 saturated carbocycles. The van der Waals surface area contributed by atoms with E-state index in [0.717, 1.165) is 22.1 Å². The Hall–Kier alpha value is -3.06. The minimum Gasteiger partial charge on any atom is -0.398 e. The lowest BCUT2D eigenvalue weighted by Gasteiger charge is -2.11. The van der Waals surface area contributed by atoms with E-state index in [9.17, 15) is 0 Å². The lowest BCUT2D eigenvalue weighted by atomic mass is 10.1. The normalized spacial score (nSPS) is 10.2. The number of fused-ring (bicyclic) bond motifs is 1. The van der Waals surface area contributed by atoms with Crippen molar-refractivity contribution >= 4 is 27.8 Å². The van der Waals surface area contributed by atoms with Gasteiger partial charge >= 0.3 is 0 Å². The maximum Gasteiger partial charge on any atom is 0.0991 e. The molecule has 0 aliphatic heterocycles. The summed E-state index contributed by atoms with van der Waals surface area (Å²) in [7, 11) is 0. The third kappa shape index (κ3) is 2.13. The van der Waals surface area contributed by atoms with E-state index in [1.54, 1.807) is 24.5 Å². The zero-order valence-electron chi connectivity index (χ0n) is 10.7. The molecular formula is C16H12N4. The highest BCUT2D eigenvalue weighted by Crippen LogP contribution is 2.29. The van der Waals surface area contributed by atoms with Crippen LogP contribution in [-0.2, 0) is 0 Å². The summed E-state index contributed by atoms with van der Waals surface area (Å²) in [5.74, 6) is 0. The number of pyridine rings is 1. The Bertz CT molecular complexity index is 801. The molecule has 0 aliphatic carbocycles. The zero-order chi connectivity index (χ0) is 13.9. The fraction of sp³-hybridized carbons (Fsp3) is 0. The molecule has 1 heterocycles. The van der Waals surface area contributed by atoms with E-state index in [0.29, 0.717) is 11.3 Å². The molecule has 0 saturated heterocycles. The Morgan fingerprint density at radius 2 is 1.80 bits per heavy atom. The summed E-state index contributed by atoms with van der Waals surface area (Å²) in [5, 5.41) is 14.1. The Labute approximate surface area is 116 Å². The van der Waals surface area contributed by atoms with Gasteiger partial charge in [-0.05, 0) is 42.5 Å². The Balaban J connectivity index is 2.02. The van der Waals surface area contributed by atoms with Gasteiger partial charge in [0.15, 0.2) is 0 Å². The number of nitrogens with two attached hydrogens (primary N) is 1. The van der Waals surface area contributed by atoms with Gasteiger partial charge in [0.2, 0.25) is 0 Å². The second-order valence-electron chi connectivity index (χ2n) is 4.44. The van der Waals surface area contributed by atoms with Gasteiger partial charge in [-0.3, -0.25) is 4.98 Å². The smallest absolute Gasteiger partial charge is 0.0991 e. The van der Waals surface area contributed by atoms with Crippen molar-refractivity contribution in [2.24, 2.45) is 0 Å². The Morgan fingerprint density at radius 1 is 1.00 bits per heavy atom. The predicted molar refractivity (Wildman–Crippen MR) is 80.6 cm³/mol. The second-order valence-corrected chi connectivity index (χ2v) is 4.44. The van der Waals surface area contributed by atoms with Gasteiger partial charge in [-0.2, -0.15) is 5.26 Å². The molecule has 3 rings (SSSR count). The van der Waals surface area contributed by atoms with E-state index >= 15 is 0 Å². The summed E-state index contributed by atoms with van der Waals surface area (Å²) in [5.41, 5.74) is 9.18. The first-order valence-corrected chi connectivity index (χ1v) is 6.17. The summed E-state index contributed by atoms with van der Waals surface area (Å²) >= 11 is 0. The van der Waals surface area contributed by atoms with E-state index in [4.69, 9.17) is 11.0 Å². The van der Waals surface area contributed by atoms with E-state index < -0.39 is 0 Å². The molecule has 4 nitrogen and oxygen atoms in total. The van der Waals surface area contributed by atoms with Crippen molar-refractivity contribution in [3.63, 3.8) is 0 Å². The van der Waals surface area contributed by atoms with Crippen LogP contribution in [0.15, 0.2) is 54.9 Å². The van der Waals surface area contributed by atoms with E-state index in [1.807, 2.05) is 30.3 Å². The molecular weight excluding hydrogens is 248 g/mol. The number of hydrogen-bond donors (Lipinski definition) is 2. The second kappa shape index (κ2) is 4.90. The lowest BCUT2D eigenvalue weighted by molar-refractivity contribution is 1.36.